The third-order valence-corrected chi connectivity index (χ3v) is 11.0. The fourth-order valence-corrected chi connectivity index (χ4v) is 7.02. The average molecular weight is 809 g/mol. The zero-order chi connectivity index (χ0) is 43.8. The molecule has 1 aliphatic heterocycles. The number of carboxylic acid groups (broad SMARTS) is 1. The highest BCUT2D eigenvalue weighted by atomic mass is 16.5. The smallest absolute Gasteiger partial charge is 0.322 e. The zero-order valence-electron chi connectivity index (χ0n) is 36.0. The van der Waals surface area contributed by atoms with Gasteiger partial charge in [-0.25, -0.2) is 0 Å². The van der Waals surface area contributed by atoms with Crippen molar-refractivity contribution in [1.29, 1.82) is 0 Å². The molecule has 1 fully saturated rings. The number of hydrogen-bond donors (Lipinski definition) is 4. The first-order valence-corrected chi connectivity index (χ1v) is 19.7. The molecule has 1 rings (SSSR count). The monoisotopic (exact) mass is 808 g/mol. The van der Waals surface area contributed by atoms with E-state index in [1.807, 2.05) is 13.8 Å². The Bertz CT molecular complexity index is 1450. The Morgan fingerprint density at radius 2 is 1.60 bits per heavy atom. The molecule has 1 unspecified atom stereocenters. The number of ketones is 1. The van der Waals surface area contributed by atoms with Gasteiger partial charge in [0.15, 0.2) is 5.78 Å². The van der Waals surface area contributed by atoms with Gasteiger partial charge in [-0.2, -0.15) is 0 Å². The Balaban J connectivity index is 3.16. The molecule has 6 amide bonds. The number of nitrogens with one attached hydrogen (secondary N) is 3. The largest absolute Gasteiger partial charge is 0.480 e. The van der Waals surface area contributed by atoms with Crippen molar-refractivity contribution < 1.29 is 52.9 Å². The summed E-state index contributed by atoms with van der Waals surface area (Å²) >= 11 is 0. The first-order chi connectivity index (χ1) is 26.6. The van der Waals surface area contributed by atoms with E-state index < -0.39 is 77.9 Å². The van der Waals surface area contributed by atoms with Crippen LogP contribution in [0, 0.1) is 17.8 Å². The molecule has 0 aromatic rings. The van der Waals surface area contributed by atoms with Crippen LogP contribution in [0.4, 0.5) is 0 Å². The van der Waals surface area contributed by atoms with Crippen LogP contribution < -0.4 is 16.0 Å². The van der Waals surface area contributed by atoms with Gasteiger partial charge in [-0.15, -0.1) is 0 Å². The van der Waals surface area contributed by atoms with E-state index >= 15 is 0 Å². The standard InChI is InChI=1S/C40H68N6O11/c1-13-25(4)35(29(56-11)22-32(50)46-21-15-16-28(46)36(57-12)27(6)37(53)42-23-33(51)52)44(9)38(54)34(24(2)3)43-39(55)40(7,8)45(10)31(49)17-14-20-41-30(48)19-18-26(5)47/h18-19,24-25,27-29,34-36H,13-17,20-23H2,1-12H3,(H,41,48)(H,42,53)(H,43,55)(H,51,52)/b19-18-/t25-,27+,28?,29+,34-,35-,36+/m0/s1. The molecule has 1 saturated heterocycles. The highest BCUT2D eigenvalue weighted by molar-refractivity contribution is 5.97. The first kappa shape index (κ1) is 50.6. The van der Waals surface area contributed by atoms with Crippen LogP contribution in [0.25, 0.3) is 0 Å². The minimum atomic E-state index is -1.35. The second kappa shape index (κ2) is 23.8. The average Bonchev–Trinajstić information content (AvgIpc) is 3.65. The number of likely N-dealkylation sites (N-methyl/N-ethyl adjacent to an activating group) is 2. The number of aliphatic carboxylic acids is 1. The zero-order valence-corrected chi connectivity index (χ0v) is 36.0. The van der Waals surface area contributed by atoms with Crippen LogP contribution in [0.1, 0.15) is 93.9 Å². The summed E-state index contributed by atoms with van der Waals surface area (Å²) in [5, 5.41) is 16.9. The highest BCUT2D eigenvalue weighted by Gasteiger charge is 2.44. The van der Waals surface area contributed by atoms with E-state index in [9.17, 15) is 38.4 Å². The van der Waals surface area contributed by atoms with Gasteiger partial charge < -0.3 is 45.2 Å². The van der Waals surface area contributed by atoms with Crippen molar-refractivity contribution in [2.45, 2.75) is 130 Å². The number of allylic oxidation sites excluding steroid dienone is 1. The van der Waals surface area contributed by atoms with Crippen LogP contribution >= 0.6 is 0 Å². The second-order valence-corrected chi connectivity index (χ2v) is 15.7. The molecule has 0 saturated carbocycles. The van der Waals surface area contributed by atoms with Crippen LogP contribution in [-0.4, -0.2) is 151 Å². The number of carboxylic acids is 1. The topological polar surface area (TPSA) is 221 Å². The summed E-state index contributed by atoms with van der Waals surface area (Å²) in [5.41, 5.74) is -1.35. The summed E-state index contributed by atoms with van der Waals surface area (Å²) < 4.78 is 11.7. The molecule has 0 aromatic heterocycles. The highest BCUT2D eigenvalue weighted by Crippen LogP contribution is 2.30. The Morgan fingerprint density at radius 1 is 0.965 bits per heavy atom. The van der Waals surface area contributed by atoms with Crippen molar-refractivity contribution in [3.05, 3.63) is 12.2 Å². The number of hydrogen-bond acceptors (Lipinski definition) is 10. The van der Waals surface area contributed by atoms with Crippen LogP contribution in [0.5, 0.6) is 0 Å². The molecule has 324 valence electrons. The van der Waals surface area contributed by atoms with Crippen molar-refractivity contribution in [1.82, 2.24) is 30.7 Å². The lowest BCUT2D eigenvalue weighted by Gasteiger charge is -2.41. The van der Waals surface area contributed by atoms with Gasteiger partial charge in [0.1, 0.15) is 18.1 Å². The van der Waals surface area contributed by atoms with Crippen molar-refractivity contribution in [3.63, 3.8) is 0 Å². The SMILES string of the molecule is CC[C@H](C)[C@@H]([C@@H](CC(=O)N1CCCC1[C@H](OC)[C@@H](C)C(=O)NCC(=O)O)OC)N(C)C(=O)[C@@H](NC(=O)C(C)(C)N(C)C(=O)CCCNC(=O)/C=C\C(C)=O)C(C)C. The van der Waals surface area contributed by atoms with Gasteiger partial charge in [-0.3, -0.25) is 38.4 Å². The number of amides is 6. The fraction of sp³-hybridized carbons (Fsp3) is 0.750. The molecule has 17 heteroatoms. The molecular weight excluding hydrogens is 740 g/mol. The maximum atomic E-state index is 14.3. The molecule has 1 heterocycles. The van der Waals surface area contributed by atoms with E-state index in [-0.39, 0.29) is 48.8 Å². The third kappa shape index (κ3) is 14.8. The molecule has 7 atom stereocenters. The predicted molar refractivity (Wildman–Crippen MR) is 212 cm³/mol. The summed E-state index contributed by atoms with van der Waals surface area (Å²) in [6.07, 6.45) is 3.01. The number of nitrogens with zero attached hydrogens (tertiary/aromatic N) is 3. The second-order valence-electron chi connectivity index (χ2n) is 15.7. The molecule has 0 spiro atoms. The van der Waals surface area contributed by atoms with Gasteiger partial charge in [0.05, 0.1) is 36.6 Å². The summed E-state index contributed by atoms with van der Waals surface area (Å²) in [6.45, 7) is 13.7. The summed E-state index contributed by atoms with van der Waals surface area (Å²) in [5.74, 6) is -5.13. The number of carbonyl (C=O) groups excluding carboxylic acids is 7. The van der Waals surface area contributed by atoms with Crippen LogP contribution in [-0.2, 0) is 47.8 Å². The molecular formula is C40H68N6O11. The number of rotatable bonds is 24. The first-order valence-electron chi connectivity index (χ1n) is 19.7. The summed E-state index contributed by atoms with van der Waals surface area (Å²) in [4.78, 5) is 106. The van der Waals surface area contributed by atoms with Gasteiger partial charge in [0.2, 0.25) is 35.4 Å². The minimum absolute atomic E-state index is 0.0400. The van der Waals surface area contributed by atoms with Gasteiger partial charge >= 0.3 is 5.97 Å². The van der Waals surface area contributed by atoms with Crippen LogP contribution in [0.15, 0.2) is 12.2 Å². The lowest BCUT2D eigenvalue weighted by molar-refractivity contribution is -0.150. The quantitative estimate of drug-likeness (QED) is 0.0809. The van der Waals surface area contributed by atoms with Crippen molar-refractivity contribution in [3.8, 4) is 0 Å². The predicted octanol–water partition coefficient (Wildman–Crippen LogP) is 1.53. The third-order valence-electron chi connectivity index (χ3n) is 11.0. The molecule has 0 aliphatic carbocycles. The van der Waals surface area contributed by atoms with E-state index in [1.165, 1.54) is 38.0 Å². The van der Waals surface area contributed by atoms with Crippen molar-refractivity contribution >= 4 is 47.2 Å². The number of carbonyl (C=O) groups is 8. The van der Waals surface area contributed by atoms with Gasteiger partial charge in [-0.05, 0) is 57.9 Å². The molecule has 0 radical (unpaired) electrons. The molecule has 0 aromatic carbocycles. The molecule has 4 N–H and O–H groups in total. The number of likely N-dealkylation sites (tertiary alicyclic amines) is 1. The maximum Gasteiger partial charge on any atom is 0.322 e. The summed E-state index contributed by atoms with van der Waals surface area (Å²) in [6, 6.07) is -2.00. The maximum absolute atomic E-state index is 14.3. The van der Waals surface area contributed by atoms with E-state index in [0.717, 1.165) is 12.2 Å². The Morgan fingerprint density at radius 3 is 2.12 bits per heavy atom. The van der Waals surface area contributed by atoms with Gasteiger partial charge in [0, 0.05) is 53.9 Å². The van der Waals surface area contributed by atoms with Crippen molar-refractivity contribution in [2.24, 2.45) is 17.8 Å². The number of methoxy groups -OCH3 is 2. The molecule has 0 bridgehead atoms. The van der Waals surface area contributed by atoms with Crippen LogP contribution in [0.3, 0.4) is 0 Å². The fourth-order valence-electron chi connectivity index (χ4n) is 7.02. The van der Waals surface area contributed by atoms with Gasteiger partial charge in [0.25, 0.3) is 0 Å². The van der Waals surface area contributed by atoms with Crippen molar-refractivity contribution in [2.75, 3.05) is 47.9 Å². The Kier molecular flexibility index (Phi) is 21.1. The normalized spacial score (nSPS) is 17.6. The summed E-state index contributed by atoms with van der Waals surface area (Å²) in [7, 11) is 6.07. The van der Waals surface area contributed by atoms with E-state index in [4.69, 9.17) is 14.6 Å². The van der Waals surface area contributed by atoms with E-state index in [0.29, 0.717) is 32.2 Å². The lowest BCUT2D eigenvalue weighted by Crippen LogP contribution is -2.62. The lowest BCUT2D eigenvalue weighted by atomic mass is 9.89. The Labute approximate surface area is 338 Å². The Hall–Kier alpha value is -4.38. The molecule has 57 heavy (non-hydrogen) atoms. The molecule has 1 aliphatic rings. The minimum Gasteiger partial charge on any atom is -0.480 e. The molecule has 17 nitrogen and oxygen atoms in total. The van der Waals surface area contributed by atoms with Gasteiger partial charge in [-0.1, -0.05) is 41.0 Å². The van der Waals surface area contributed by atoms with E-state index in [1.54, 1.807) is 46.6 Å². The van der Waals surface area contributed by atoms with Crippen LogP contribution in [0.2, 0.25) is 0 Å². The number of ether oxygens (including phenoxy) is 2. The van der Waals surface area contributed by atoms with E-state index in [2.05, 4.69) is 16.0 Å².